The molecule has 0 aromatic heterocycles. The van der Waals surface area contributed by atoms with Crippen molar-refractivity contribution in [2.45, 2.75) is 90.5 Å². The maximum atomic E-state index is 11.8. The molecule has 0 saturated heterocycles. The molecular formula is C16H30N2O4. The van der Waals surface area contributed by atoms with Gasteiger partial charge in [0.25, 0.3) is 0 Å². The number of alkyl carbamates (subject to hydrolysis) is 2. The first-order valence-electron chi connectivity index (χ1n) is 7.94. The van der Waals surface area contributed by atoms with E-state index in [1.165, 1.54) is 0 Å². The Morgan fingerprint density at radius 3 is 1.50 bits per heavy atom. The first kappa shape index (κ1) is 18.6. The Balaban J connectivity index is 2.41. The molecule has 1 fully saturated rings. The smallest absolute Gasteiger partial charge is 0.407 e. The summed E-state index contributed by atoms with van der Waals surface area (Å²) in [5.41, 5.74) is -1.01. The normalized spacial score (nSPS) is 22.6. The third-order valence-corrected chi connectivity index (χ3v) is 3.12. The Morgan fingerprint density at radius 2 is 1.18 bits per heavy atom. The third kappa shape index (κ3) is 8.10. The topological polar surface area (TPSA) is 76.7 Å². The number of hydrogen-bond acceptors (Lipinski definition) is 4. The number of carbonyl (C=O) groups is 2. The SMILES string of the molecule is CC(C)(C)OC(=O)N[C@@H]1CCC[C@H](NC(=O)OC(C)(C)C)C1. The molecule has 0 unspecified atom stereocenters. The second kappa shape index (κ2) is 7.20. The molecule has 0 spiro atoms. The van der Waals surface area contributed by atoms with E-state index in [4.69, 9.17) is 9.47 Å². The number of rotatable bonds is 2. The molecule has 0 radical (unpaired) electrons. The lowest BCUT2D eigenvalue weighted by Gasteiger charge is -2.31. The number of hydrogen-bond donors (Lipinski definition) is 2. The van der Waals surface area contributed by atoms with E-state index in [2.05, 4.69) is 10.6 Å². The first-order valence-corrected chi connectivity index (χ1v) is 7.94. The molecule has 2 atom stereocenters. The van der Waals surface area contributed by atoms with Crippen molar-refractivity contribution in [2.75, 3.05) is 0 Å². The average molecular weight is 314 g/mol. The van der Waals surface area contributed by atoms with E-state index in [0.29, 0.717) is 6.42 Å². The van der Waals surface area contributed by atoms with Crippen LogP contribution in [0.15, 0.2) is 0 Å². The monoisotopic (exact) mass is 314 g/mol. The van der Waals surface area contributed by atoms with Crippen LogP contribution in [-0.4, -0.2) is 35.5 Å². The fourth-order valence-corrected chi connectivity index (χ4v) is 2.40. The summed E-state index contributed by atoms with van der Waals surface area (Å²) in [6.45, 7) is 11.0. The first-order chi connectivity index (χ1) is 9.94. The minimum atomic E-state index is -0.507. The van der Waals surface area contributed by atoms with Crippen molar-refractivity contribution in [3.05, 3.63) is 0 Å². The van der Waals surface area contributed by atoms with Crippen molar-refractivity contribution in [1.82, 2.24) is 10.6 Å². The van der Waals surface area contributed by atoms with Crippen LogP contribution in [-0.2, 0) is 9.47 Å². The highest BCUT2D eigenvalue weighted by Gasteiger charge is 2.27. The van der Waals surface area contributed by atoms with Crippen LogP contribution >= 0.6 is 0 Å². The summed E-state index contributed by atoms with van der Waals surface area (Å²) in [6.07, 6.45) is 2.61. The quantitative estimate of drug-likeness (QED) is 0.819. The van der Waals surface area contributed by atoms with Gasteiger partial charge in [-0.25, -0.2) is 9.59 Å². The molecule has 0 aromatic rings. The lowest BCUT2D eigenvalue weighted by atomic mass is 9.91. The predicted octanol–water partition coefficient (Wildman–Crippen LogP) is 3.35. The highest BCUT2D eigenvalue weighted by atomic mass is 16.6. The molecule has 1 aliphatic carbocycles. The van der Waals surface area contributed by atoms with Gasteiger partial charge in [0.05, 0.1) is 0 Å². The van der Waals surface area contributed by atoms with Gasteiger partial charge in [-0.3, -0.25) is 0 Å². The van der Waals surface area contributed by atoms with Gasteiger partial charge in [0.15, 0.2) is 0 Å². The molecule has 0 heterocycles. The summed E-state index contributed by atoms with van der Waals surface area (Å²) in [7, 11) is 0. The maximum absolute atomic E-state index is 11.8. The molecule has 1 rings (SSSR count). The Kier molecular flexibility index (Phi) is 6.08. The molecule has 1 aliphatic rings. The van der Waals surface area contributed by atoms with Crippen molar-refractivity contribution < 1.29 is 19.1 Å². The fourth-order valence-electron chi connectivity index (χ4n) is 2.40. The Labute approximate surface area is 133 Å². The molecule has 2 N–H and O–H groups in total. The van der Waals surface area contributed by atoms with Crippen molar-refractivity contribution in [3.8, 4) is 0 Å². The van der Waals surface area contributed by atoms with E-state index in [-0.39, 0.29) is 12.1 Å². The third-order valence-electron chi connectivity index (χ3n) is 3.12. The number of nitrogens with one attached hydrogen (secondary N) is 2. The van der Waals surface area contributed by atoms with Crippen molar-refractivity contribution in [2.24, 2.45) is 0 Å². The molecule has 0 aromatic carbocycles. The number of ether oxygens (including phenoxy) is 2. The van der Waals surface area contributed by atoms with Gasteiger partial charge in [-0.15, -0.1) is 0 Å². The van der Waals surface area contributed by atoms with Gasteiger partial charge >= 0.3 is 12.2 Å². The fraction of sp³-hybridized carbons (Fsp3) is 0.875. The molecule has 6 nitrogen and oxygen atoms in total. The standard InChI is InChI=1S/C16H30N2O4/c1-15(2,3)21-13(19)17-11-8-7-9-12(10-11)18-14(20)22-16(4,5)6/h11-12H,7-10H2,1-6H3,(H,17,19)(H,18,20)/t11-,12+. The summed E-state index contributed by atoms with van der Waals surface area (Å²) in [6, 6.07) is 0.0343. The predicted molar refractivity (Wildman–Crippen MR) is 84.8 cm³/mol. The van der Waals surface area contributed by atoms with Gasteiger partial charge in [-0.1, -0.05) is 0 Å². The van der Waals surface area contributed by atoms with Crippen molar-refractivity contribution in [3.63, 3.8) is 0 Å². The van der Waals surface area contributed by atoms with E-state index in [0.717, 1.165) is 19.3 Å². The Morgan fingerprint density at radius 1 is 0.818 bits per heavy atom. The summed E-state index contributed by atoms with van der Waals surface area (Å²) < 4.78 is 10.5. The van der Waals surface area contributed by atoms with Crippen LogP contribution in [0, 0.1) is 0 Å². The molecule has 6 heteroatoms. The van der Waals surface area contributed by atoms with Crippen LogP contribution in [0.3, 0.4) is 0 Å². The second-order valence-corrected chi connectivity index (χ2v) is 7.85. The Hall–Kier alpha value is -1.46. The summed E-state index contributed by atoms with van der Waals surface area (Å²) >= 11 is 0. The van der Waals surface area contributed by atoms with Crippen LogP contribution in [0.5, 0.6) is 0 Å². The minimum Gasteiger partial charge on any atom is -0.444 e. The van der Waals surface area contributed by atoms with E-state index in [1.54, 1.807) is 0 Å². The Bertz CT molecular complexity index is 360. The van der Waals surface area contributed by atoms with E-state index in [1.807, 2.05) is 41.5 Å². The van der Waals surface area contributed by atoms with Crippen LogP contribution in [0.4, 0.5) is 9.59 Å². The molecule has 22 heavy (non-hydrogen) atoms. The van der Waals surface area contributed by atoms with Gasteiger partial charge in [0.1, 0.15) is 11.2 Å². The summed E-state index contributed by atoms with van der Waals surface area (Å²) in [5, 5.41) is 5.75. The zero-order valence-corrected chi connectivity index (χ0v) is 14.6. The summed E-state index contributed by atoms with van der Waals surface area (Å²) in [5.74, 6) is 0. The van der Waals surface area contributed by atoms with Crippen LogP contribution in [0.25, 0.3) is 0 Å². The zero-order valence-electron chi connectivity index (χ0n) is 14.6. The van der Waals surface area contributed by atoms with Gasteiger partial charge in [0, 0.05) is 12.1 Å². The average Bonchev–Trinajstić information content (AvgIpc) is 2.22. The highest BCUT2D eigenvalue weighted by molar-refractivity contribution is 5.69. The van der Waals surface area contributed by atoms with Crippen molar-refractivity contribution >= 4 is 12.2 Å². The highest BCUT2D eigenvalue weighted by Crippen LogP contribution is 2.20. The number of carbonyl (C=O) groups excluding carboxylic acids is 2. The van der Waals surface area contributed by atoms with E-state index < -0.39 is 23.4 Å². The second-order valence-electron chi connectivity index (χ2n) is 7.85. The van der Waals surface area contributed by atoms with E-state index >= 15 is 0 Å². The van der Waals surface area contributed by atoms with Gasteiger partial charge in [0.2, 0.25) is 0 Å². The zero-order chi connectivity index (χ0) is 17.0. The molecule has 128 valence electrons. The molecule has 1 saturated carbocycles. The van der Waals surface area contributed by atoms with E-state index in [9.17, 15) is 9.59 Å². The van der Waals surface area contributed by atoms with Gasteiger partial charge in [-0.05, 0) is 67.2 Å². The van der Waals surface area contributed by atoms with Gasteiger partial charge in [-0.2, -0.15) is 0 Å². The largest absolute Gasteiger partial charge is 0.444 e. The number of amides is 2. The van der Waals surface area contributed by atoms with Crippen LogP contribution < -0.4 is 10.6 Å². The molecule has 2 amide bonds. The van der Waals surface area contributed by atoms with Crippen LogP contribution in [0.1, 0.15) is 67.2 Å². The lowest BCUT2D eigenvalue weighted by Crippen LogP contribution is -2.47. The van der Waals surface area contributed by atoms with Gasteiger partial charge < -0.3 is 20.1 Å². The lowest BCUT2D eigenvalue weighted by molar-refractivity contribution is 0.0463. The minimum absolute atomic E-state index is 0.0172. The van der Waals surface area contributed by atoms with Crippen molar-refractivity contribution in [1.29, 1.82) is 0 Å². The van der Waals surface area contributed by atoms with Crippen LogP contribution in [0.2, 0.25) is 0 Å². The molecule has 0 bridgehead atoms. The molecule has 0 aliphatic heterocycles. The summed E-state index contributed by atoms with van der Waals surface area (Å²) in [4.78, 5) is 23.6. The maximum Gasteiger partial charge on any atom is 0.407 e. The molecular weight excluding hydrogens is 284 g/mol.